The fourth-order valence-electron chi connectivity index (χ4n) is 2.94. The van der Waals surface area contributed by atoms with Gasteiger partial charge in [0.1, 0.15) is 0 Å². The van der Waals surface area contributed by atoms with E-state index in [2.05, 4.69) is 36.0 Å². The number of nitrogens with zero attached hydrogens (tertiary/aromatic N) is 2. The minimum Gasteiger partial charge on any atom is -0.394 e. The van der Waals surface area contributed by atoms with Crippen molar-refractivity contribution in [2.45, 2.75) is 57.2 Å². The highest BCUT2D eigenvalue weighted by Crippen LogP contribution is 2.24. The number of aliphatic hydroxyl groups is 1. The molecule has 1 heterocycles. The molecule has 0 amide bonds. The first-order valence-electron chi connectivity index (χ1n) is 7.83. The Morgan fingerprint density at radius 1 is 1.32 bits per heavy atom. The Morgan fingerprint density at radius 2 is 2.05 bits per heavy atom. The van der Waals surface area contributed by atoms with Crippen LogP contribution in [0.4, 0.5) is 0 Å². The summed E-state index contributed by atoms with van der Waals surface area (Å²) in [4.78, 5) is 5.00. The smallest absolute Gasteiger partial charge is 0.0610 e. The molecule has 2 rings (SSSR count). The Hall–Kier alpha value is -0.160. The molecular formula is C15H31N3O. The summed E-state index contributed by atoms with van der Waals surface area (Å²) in [6, 6.07) is 1.34. The Balaban J connectivity index is 1.67. The minimum absolute atomic E-state index is 0.0701. The Kier molecular flexibility index (Phi) is 5.23. The predicted molar refractivity (Wildman–Crippen MR) is 79.4 cm³/mol. The largest absolute Gasteiger partial charge is 0.394 e. The van der Waals surface area contributed by atoms with Crippen molar-refractivity contribution in [2.75, 3.05) is 39.8 Å². The average molecular weight is 269 g/mol. The summed E-state index contributed by atoms with van der Waals surface area (Å²) in [6.07, 6.45) is 4.81. The summed E-state index contributed by atoms with van der Waals surface area (Å²) >= 11 is 0. The first kappa shape index (κ1) is 15.2. The SMILES string of the molecule is CC1CN(CCCC(C)(CO)NC2CC2)CCN1C. The molecule has 0 radical (unpaired) electrons. The summed E-state index contributed by atoms with van der Waals surface area (Å²) < 4.78 is 0. The molecule has 1 aliphatic carbocycles. The van der Waals surface area contributed by atoms with E-state index in [1.54, 1.807) is 0 Å². The van der Waals surface area contributed by atoms with Gasteiger partial charge in [-0.3, -0.25) is 0 Å². The van der Waals surface area contributed by atoms with Gasteiger partial charge in [0.2, 0.25) is 0 Å². The molecule has 2 aliphatic rings. The molecule has 112 valence electrons. The van der Waals surface area contributed by atoms with Gasteiger partial charge in [-0.05, 0) is 53.1 Å². The van der Waals surface area contributed by atoms with Crippen molar-refractivity contribution in [3.63, 3.8) is 0 Å². The van der Waals surface area contributed by atoms with Crippen LogP contribution < -0.4 is 5.32 Å². The van der Waals surface area contributed by atoms with Gasteiger partial charge in [0.05, 0.1) is 6.61 Å². The Labute approximate surface area is 118 Å². The molecule has 1 saturated carbocycles. The molecule has 0 bridgehead atoms. The number of hydrogen-bond donors (Lipinski definition) is 2. The highest BCUT2D eigenvalue weighted by Gasteiger charge is 2.31. The van der Waals surface area contributed by atoms with Crippen molar-refractivity contribution < 1.29 is 5.11 Å². The quantitative estimate of drug-likeness (QED) is 0.720. The van der Waals surface area contributed by atoms with E-state index in [-0.39, 0.29) is 12.1 Å². The first-order chi connectivity index (χ1) is 9.02. The van der Waals surface area contributed by atoms with E-state index in [0.29, 0.717) is 12.1 Å². The van der Waals surface area contributed by atoms with Crippen molar-refractivity contribution in [3.8, 4) is 0 Å². The van der Waals surface area contributed by atoms with E-state index in [9.17, 15) is 5.11 Å². The third kappa shape index (κ3) is 4.71. The second kappa shape index (κ2) is 6.53. The standard InChI is InChI=1S/C15H31N3O/c1-13-11-18(10-9-17(13)3)8-4-7-15(2,12-19)16-14-5-6-14/h13-14,16,19H,4-12H2,1-3H3. The lowest BCUT2D eigenvalue weighted by atomic mass is 9.96. The Morgan fingerprint density at radius 3 is 2.63 bits per heavy atom. The molecule has 2 fully saturated rings. The van der Waals surface area contributed by atoms with E-state index in [4.69, 9.17) is 0 Å². The maximum absolute atomic E-state index is 9.59. The molecule has 19 heavy (non-hydrogen) atoms. The van der Waals surface area contributed by atoms with Crippen LogP contribution in [0.3, 0.4) is 0 Å². The van der Waals surface area contributed by atoms with E-state index in [1.165, 1.54) is 45.4 Å². The van der Waals surface area contributed by atoms with Crippen molar-refractivity contribution in [1.29, 1.82) is 0 Å². The molecule has 2 unspecified atom stereocenters. The van der Waals surface area contributed by atoms with Crippen LogP contribution in [0.2, 0.25) is 0 Å². The summed E-state index contributed by atoms with van der Waals surface area (Å²) in [5.74, 6) is 0. The lowest BCUT2D eigenvalue weighted by Gasteiger charge is -2.38. The van der Waals surface area contributed by atoms with Crippen LogP contribution >= 0.6 is 0 Å². The third-order valence-corrected chi connectivity index (χ3v) is 4.73. The van der Waals surface area contributed by atoms with Crippen LogP contribution in [-0.2, 0) is 0 Å². The topological polar surface area (TPSA) is 38.7 Å². The molecule has 2 atom stereocenters. The fraction of sp³-hybridized carbons (Fsp3) is 1.00. The number of hydrogen-bond acceptors (Lipinski definition) is 4. The van der Waals surface area contributed by atoms with Crippen molar-refractivity contribution >= 4 is 0 Å². The highest BCUT2D eigenvalue weighted by molar-refractivity contribution is 4.92. The summed E-state index contributed by atoms with van der Waals surface area (Å²) in [6.45, 7) is 9.44. The van der Waals surface area contributed by atoms with Gasteiger partial charge < -0.3 is 20.2 Å². The van der Waals surface area contributed by atoms with E-state index in [1.807, 2.05) is 0 Å². The van der Waals surface area contributed by atoms with Gasteiger partial charge in [-0.15, -0.1) is 0 Å². The van der Waals surface area contributed by atoms with Crippen molar-refractivity contribution in [2.24, 2.45) is 0 Å². The maximum Gasteiger partial charge on any atom is 0.0610 e. The lowest BCUT2D eigenvalue weighted by molar-refractivity contribution is 0.0975. The summed E-state index contributed by atoms with van der Waals surface area (Å²) in [7, 11) is 2.21. The third-order valence-electron chi connectivity index (χ3n) is 4.73. The van der Waals surface area contributed by atoms with Crippen LogP contribution in [0.1, 0.15) is 39.5 Å². The van der Waals surface area contributed by atoms with Gasteiger partial charge >= 0.3 is 0 Å². The van der Waals surface area contributed by atoms with Gasteiger partial charge in [0.15, 0.2) is 0 Å². The molecule has 0 aromatic carbocycles. The molecule has 0 aromatic rings. The zero-order valence-electron chi connectivity index (χ0n) is 12.9. The maximum atomic E-state index is 9.59. The molecule has 1 saturated heterocycles. The van der Waals surface area contributed by atoms with Gasteiger partial charge in [0, 0.05) is 37.3 Å². The molecule has 1 aliphatic heterocycles. The molecule has 0 spiro atoms. The summed E-state index contributed by atoms with van der Waals surface area (Å²) in [5.41, 5.74) is -0.0701. The van der Waals surface area contributed by atoms with Gasteiger partial charge in [-0.25, -0.2) is 0 Å². The van der Waals surface area contributed by atoms with Crippen LogP contribution in [-0.4, -0.2) is 72.4 Å². The normalized spacial score (nSPS) is 29.4. The van der Waals surface area contributed by atoms with E-state index < -0.39 is 0 Å². The molecule has 4 heteroatoms. The predicted octanol–water partition coefficient (Wildman–Crippen LogP) is 0.906. The number of piperazine rings is 1. The zero-order valence-corrected chi connectivity index (χ0v) is 12.9. The molecule has 4 nitrogen and oxygen atoms in total. The summed E-state index contributed by atoms with van der Waals surface area (Å²) in [5, 5.41) is 13.2. The van der Waals surface area contributed by atoms with Crippen LogP contribution in [0, 0.1) is 0 Å². The molecule has 0 aromatic heterocycles. The van der Waals surface area contributed by atoms with E-state index in [0.717, 1.165) is 6.42 Å². The minimum atomic E-state index is -0.0701. The second-order valence-corrected chi connectivity index (χ2v) is 6.87. The first-order valence-corrected chi connectivity index (χ1v) is 7.83. The average Bonchev–Trinajstić information content (AvgIpc) is 3.17. The van der Waals surface area contributed by atoms with Gasteiger partial charge in [-0.1, -0.05) is 0 Å². The Bertz CT molecular complexity index is 283. The van der Waals surface area contributed by atoms with Crippen LogP contribution in [0.15, 0.2) is 0 Å². The molecular weight excluding hydrogens is 238 g/mol. The lowest BCUT2D eigenvalue weighted by Crippen LogP contribution is -2.51. The monoisotopic (exact) mass is 269 g/mol. The van der Waals surface area contributed by atoms with E-state index >= 15 is 0 Å². The van der Waals surface area contributed by atoms with Crippen molar-refractivity contribution in [1.82, 2.24) is 15.1 Å². The number of likely N-dealkylation sites (N-methyl/N-ethyl adjacent to an activating group) is 1. The zero-order chi connectivity index (χ0) is 13.9. The van der Waals surface area contributed by atoms with Gasteiger partial charge in [0.25, 0.3) is 0 Å². The van der Waals surface area contributed by atoms with Gasteiger partial charge in [-0.2, -0.15) is 0 Å². The van der Waals surface area contributed by atoms with Crippen LogP contribution in [0.25, 0.3) is 0 Å². The van der Waals surface area contributed by atoms with Crippen LogP contribution in [0.5, 0.6) is 0 Å². The highest BCUT2D eigenvalue weighted by atomic mass is 16.3. The molecule has 2 N–H and O–H groups in total. The second-order valence-electron chi connectivity index (χ2n) is 6.87. The number of nitrogens with one attached hydrogen (secondary N) is 1. The number of rotatable bonds is 7. The fourth-order valence-corrected chi connectivity index (χ4v) is 2.94. The van der Waals surface area contributed by atoms with Crippen molar-refractivity contribution in [3.05, 3.63) is 0 Å². The number of aliphatic hydroxyl groups excluding tert-OH is 1.